The highest BCUT2D eigenvalue weighted by atomic mass is 32.1. The molecule has 6 nitrogen and oxygen atoms in total. The molecule has 1 aliphatic carbocycles. The Balaban J connectivity index is 1.23. The highest BCUT2D eigenvalue weighted by Gasteiger charge is 2.24. The minimum atomic E-state index is 0.0737. The number of fused-ring (bicyclic) bond motifs is 2. The van der Waals surface area contributed by atoms with Crippen molar-refractivity contribution in [3.05, 3.63) is 45.4 Å². The van der Waals surface area contributed by atoms with Crippen molar-refractivity contribution in [1.82, 2.24) is 15.6 Å². The van der Waals surface area contributed by atoms with Gasteiger partial charge in [0.15, 0.2) is 5.96 Å². The fourth-order valence-corrected chi connectivity index (χ4v) is 5.28. The van der Waals surface area contributed by atoms with Gasteiger partial charge < -0.3 is 16.0 Å². The molecule has 2 heterocycles. The maximum absolute atomic E-state index is 12.0. The lowest BCUT2D eigenvalue weighted by Crippen LogP contribution is -2.41. The number of guanidine groups is 1. The van der Waals surface area contributed by atoms with Gasteiger partial charge in [0.05, 0.1) is 10.7 Å². The molecule has 4 rings (SSSR count). The molecule has 7 heteroatoms. The van der Waals surface area contributed by atoms with Crippen molar-refractivity contribution in [3.63, 3.8) is 0 Å². The molecular weight excluding hydrogens is 382 g/mol. The van der Waals surface area contributed by atoms with Crippen LogP contribution in [0.15, 0.2) is 29.3 Å². The van der Waals surface area contributed by atoms with E-state index in [1.165, 1.54) is 40.4 Å². The molecule has 0 saturated carbocycles. The van der Waals surface area contributed by atoms with Crippen LogP contribution in [0.25, 0.3) is 0 Å². The zero-order chi connectivity index (χ0) is 20.1. The number of aromatic nitrogens is 1. The Bertz CT molecular complexity index is 868. The summed E-state index contributed by atoms with van der Waals surface area (Å²) >= 11 is 1.90. The minimum absolute atomic E-state index is 0.0737. The number of hydrogen-bond acceptors (Lipinski definition) is 4. The van der Waals surface area contributed by atoms with Gasteiger partial charge in [-0.15, -0.1) is 11.3 Å². The monoisotopic (exact) mass is 411 g/mol. The number of thiazole rings is 1. The van der Waals surface area contributed by atoms with E-state index in [1.54, 1.807) is 7.05 Å². The summed E-state index contributed by atoms with van der Waals surface area (Å²) in [6, 6.07) is 8.02. The molecule has 1 unspecified atom stereocenters. The van der Waals surface area contributed by atoms with E-state index >= 15 is 0 Å². The summed E-state index contributed by atoms with van der Waals surface area (Å²) in [5.41, 5.74) is 3.45. The summed E-state index contributed by atoms with van der Waals surface area (Å²) in [6.45, 7) is 1.54. The maximum Gasteiger partial charge on any atom is 0.225 e. The zero-order valence-corrected chi connectivity index (χ0v) is 17.8. The zero-order valence-electron chi connectivity index (χ0n) is 17.0. The normalized spacial score (nSPS) is 18.6. The number of anilines is 1. The molecule has 0 radical (unpaired) electrons. The Morgan fingerprint density at radius 1 is 1.28 bits per heavy atom. The van der Waals surface area contributed by atoms with Crippen LogP contribution in [0.4, 0.5) is 5.69 Å². The second kappa shape index (κ2) is 9.39. The lowest BCUT2D eigenvalue weighted by atomic mass is 9.90. The molecule has 2 aliphatic rings. The van der Waals surface area contributed by atoms with Crippen molar-refractivity contribution in [3.8, 4) is 0 Å². The largest absolute Gasteiger partial charge is 0.356 e. The third kappa shape index (κ3) is 4.96. The van der Waals surface area contributed by atoms with Crippen LogP contribution in [0.1, 0.15) is 52.7 Å². The lowest BCUT2D eigenvalue weighted by molar-refractivity contribution is -0.116. The van der Waals surface area contributed by atoms with E-state index in [4.69, 9.17) is 4.98 Å². The number of nitrogens with one attached hydrogen (secondary N) is 3. The van der Waals surface area contributed by atoms with Gasteiger partial charge in [0, 0.05) is 49.5 Å². The SMILES string of the molecule is CN=C(NCCCc1nc2c(s1)CCCC2)NCC1CC(=O)Nc2ccccc21. The average molecular weight is 412 g/mol. The summed E-state index contributed by atoms with van der Waals surface area (Å²) in [4.78, 5) is 22.6. The molecule has 2 aromatic rings. The van der Waals surface area contributed by atoms with Gasteiger partial charge in [0.1, 0.15) is 0 Å². The highest BCUT2D eigenvalue weighted by Crippen LogP contribution is 2.31. The van der Waals surface area contributed by atoms with Crippen LogP contribution in [0.2, 0.25) is 0 Å². The number of aliphatic imine (C=N–C) groups is 1. The van der Waals surface area contributed by atoms with Gasteiger partial charge in [-0.1, -0.05) is 18.2 Å². The van der Waals surface area contributed by atoms with E-state index in [2.05, 4.69) is 27.0 Å². The van der Waals surface area contributed by atoms with Gasteiger partial charge in [0.2, 0.25) is 5.91 Å². The summed E-state index contributed by atoms with van der Waals surface area (Å²) in [7, 11) is 1.78. The summed E-state index contributed by atoms with van der Waals surface area (Å²) in [5, 5.41) is 11.0. The number of carbonyl (C=O) groups is 1. The third-order valence-corrected chi connectivity index (χ3v) is 6.81. The standard InChI is InChI=1S/C22H29N5OS/c1-23-22(24-12-6-11-21-27-18-9-4-5-10-19(18)29-21)25-14-15-13-20(28)26-17-8-3-2-7-16(15)17/h2-3,7-8,15H,4-6,9-14H2,1H3,(H,26,28)(H2,23,24,25). The second-order valence-electron chi connectivity index (χ2n) is 7.70. The van der Waals surface area contributed by atoms with Crippen molar-refractivity contribution in [1.29, 1.82) is 0 Å². The Morgan fingerprint density at radius 3 is 3.00 bits per heavy atom. The number of nitrogens with zero attached hydrogens (tertiary/aromatic N) is 2. The molecule has 1 amide bonds. The first-order valence-electron chi connectivity index (χ1n) is 10.5. The number of carbonyl (C=O) groups excluding carboxylic acids is 1. The molecule has 3 N–H and O–H groups in total. The topological polar surface area (TPSA) is 78.4 Å². The van der Waals surface area contributed by atoms with E-state index in [0.717, 1.165) is 37.5 Å². The molecule has 0 bridgehead atoms. The fraction of sp³-hybridized carbons (Fsp3) is 0.500. The van der Waals surface area contributed by atoms with E-state index < -0.39 is 0 Å². The van der Waals surface area contributed by atoms with Crippen LogP contribution in [0.5, 0.6) is 0 Å². The van der Waals surface area contributed by atoms with Crippen LogP contribution in [0, 0.1) is 0 Å². The van der Waals surface area contributed by atoms with Gasteiger partial charge in [-0.25, -0.2) is 4.98 Å². The van der Waals surface area contributed by atoms with Crippen LogP contribution in [-0.2, 0) is 24.1 Å². The maximum atomic E-state index is 12.0. The Hall–Kier alpha value is -2.41. The molecule has 0 fully saturated rings. The van der Waals surface area contributed by atoms with Crippen LogP contribution in [-0.4, -0.2) is 37.0 Å². The molecule has 1 aromatic carbocycles. The summed E-state index contributed by atoms with van der Waals surface area (Å²) in [6.07, 6.45) is 7.50. The van der Waals surface area contributed by atoms with Crippen LogP contribution >= 0.6 is 11.3 Å². The molecule has 29 heavy (non-hydrogen) atoms. The van der Waals surface area contributed by atoms with E-state index in [-0.39, 0.29) is 11.8 Å². The second-order valence-corrected chi connectivity index (χ2v) is 8.87. The van der Waals surface area contributed by atoms with Crippen molar-refractivity contribution in [2.45, 2.75) is 50.9 Å². The first-order valence-corrected chi connectivity index (χ1v) is 11.4. The quantitative estimate of drug-likeness (QED) is 0.387. The van der Waals surface area contributed by atoms with Gasteiger partial charge in [-0.05, 0) is 43.7 Å². The van der Waals surface area contributed by atoms with E-state index in [0.29, 0.717) is 13.0 Å². The molecule has 0 spiro atoms. The van der Waals surface area contributed by atoms with Crippen molar-refractivity contribution in [2.24, 2.45) is 4.99 Å². The Labute approximate surface area is 176 Å². The first kappa shape index (κ1) is 19.9. The molecular formula is C22H29N5OS. The van der Waals surface area contributed by atoms with E-state index in [1.807, 2.05) is 29.5 Å². The third-order valence-electron chi connectivity index (χ3n) is 5.60. The number of benzene rings is 1. The van der Waals surface area contributed by atoms with Crippen LogP contribution < -0.4 is 16.0 Å². The minimum Gasteiger partial charge on any atom is -0.356 e. The molecule has 154 valence electrons. The van der Waals surface area contributed by atoms with Gasteiger partial charge in [-0.2, -0.15) is 0 Å². The molecule has 1 aromatic heterocycles. The first-order chi connectivity index (χ1) is 14.2. The number of rotatable bonds is 6. The van der Waals surface area contributed by atoms with Crippen molar-refractivity contribution < 1.29 is 4.79 Å². The smallest absolute Gasteiger partial charge is 0.225 e. The van der Waals surface area contributed by atoms with Crippen molar-refractivity contribution >= 4 is 28.9 Å². The molecule has 1 aliphatic heterocycles. The molecule has 0 saturated heterocycles. The fourth-order valence-electron chi connectivity index (χ4n) is 4.08. The Kier molecular flexibility index (Phi) is 6.44. The number of para-hydroxylation sites is 1. The summed E-state index contributed by atoms with van der Waals surface area (Å²) in [5.74, 6) is 1.01. The van der Waals surface area contributed by atoms with Crippen molar-refractivity contribution in [2.75, 3.05) is 25.5 Å². The number of amides is 1. The van der Waals surface area contributed by atoms with Gasteiger partial charge in [-0.3, -0.25) is 9.79 Å². The predicted molar refractivity (Wildman–Crippen MR) is 119 cm³/mol. The van der Waals surface area contributed by atoms with Gasteiger partial charge in [0.25, 0.3) is 0 Å². The number of aryl methyl sites for hydroxylation is 3. The number of hydrogen-bond donors (Lipinski definition) is 3. The predicted octanol–water partition coefficient (Wildman–Crippen LogP) is 3.25. The Morgan fingerprint density at radius 2 is 2.14 bits per heavy atom. The average Bonchev–Trinajstić information content (AvgIpc) is 3.16. The highest BCUT2D eigenvalue weighted by molar-refractivity contribution is 7.11. The van der Waals surface area contributed by atoms with E-state index in [9.17, 15) is 4.79 Å². The molecule has 1 atom stereocenters. The summed E-state index contributed by atoms with van der Waals surface area (Å²) < 4.78 is 0. The lowest BCUT2D eigenvalue weighted by Gasteiger charge is -2.26. The van der Waals surface area contributed by atoms with Crippen LogP contribution in [0.3, 0.4) is 0 Å². The van der Waals surface area contributed by atoms with Gasteiger partial charge >= 0.3 is 0 Å².